The number of hydrogen-bond donors (Lipinski definition) is 1. The summed E-state index contributed by atoms with van der Waals surface area (Å²) in [5.41, 5.74) is 0. The lowest BCUT2D eigenvalue weighted by Gasteiger charge is -2.30. The first kappa shape index (κ1) is 15.2. The molecule has 1 unspecified atom stereocenters. The first-order valence-corrected chi connectivity index (χ1v) is 8.92. The molecule has 5 nitrogen and oxygen atoms in total. The molecule has 6 heteroatoms. The molecule has 1 N–H and O–H groups in total. The van der Waals surface area contributed by atoms with Gasteiger partial charge in [0.05, 0.1) is 0 Å². The summed E-state index contributed by atoms with van der Waals surface area (Å²) in [6.07, 6.45) is 6.59. The van der Waals surface area contributed by atoms with E-state index in [1.54, 1.807) is 15.7 Å². The average molecular weight is 289 g/mol. The van der Waals surface area contributed by atoms with Gasteiger partial charge in [-0.1, -0.05) is 12.8 Å². The van der Waals surface area contributed by atoms with Crippen molar-refractivity contribution in [2.45, 2.75) is 38.5 Å². The molecule has 0 amide bonds. The molecule has 0 aromatic heterocycles. The van der Waals surface area contributed by atoms with Gasteiger partial charge in [-0.2, -0.15) is 17.0 Å². The molecule has 2 heterocycles. The van der Waals surface area contributed by atoms with E-state index in [2.05, 4.69) is 5.32 Å². The van der Waals surface area contributed by atoms with Crippen LogP contribution in [0, 0.1) is 5.92 Å². The van der Waals surface area contributed by atoms with Gasteiger partial charge in [-0.3, -0.25) is 0 Å². The second kappa shape index (κ2) is 7.02. The summed E-state index contributed by atoms with van der Waals surface area (Å²) in [5, 5.41) is 3.35. The smallest absolute Gasteiger partial charge is 0.281 e. The predicted molar refractivity (Wildman–Crippen MR) is 77.2 cm³/mol. The van der Waals surface area contributed by atoms with Crippen LogP contribution in [0.2, 0.25) is 0 Å². The van der Waals surface area contributed by atoms with Crippen LogP contribution in [0.3, 0.4) is 0 Å². The number of rotatable bonds is 4. The summed E-state index contributed by atoms with van der Waals surface area (Å²) < 4.78 is 28.3. The molecule has 2 rings (SSSR count). The molecule has 2 saturated heterocycles. The van der Waals surface area contributed by atoms with Crippen LogP contribution in [0.25, 0.3) is 0 Å². The minimum Gasteiger partial charge on any atom is -0.316 e. The Hall–Kier alpha value is -0.170. The molecule has 0 spiro atoms. The molecule has 2 fully saturated rings. The lowest BCUT2D eigenvalue weighted by molar-refractivity contribution is 0.295. The van der Waals surface area contributed by atoms with Gasteiger partial charge >= 0.3 is 0 Å². The molecule has 0 bridgehead atoms. The SMILES string of the molecule is CN(CC1CCCNC1)S(=O)(=O)N1CCCCCC1. The fourth-order valence-electron chi connectivity index (χ4n) is 3.01. The van der Waals surface area contributed by atoms with Crippen molar-refractivity contribution in [1.82, 2.24) is 13.9 Å². The van der Waals surface area contributed by atoms with Crippen LogP contribution in [0.5, 0.6) is 0 Å². The van der Waals surface area contributed by atoms with E-state index in [0.717, 1.165) is 51.6 Å². The first-order valence-electron chi connectivity index (χ1n) is 7.53. The summed E-state index contributed by atoms with van der Waals surface area (Å²) in [7, 11) is -1.51. The second-order valence-corrected chi connectivity index (χ2v) is 7.85. The van der Waals surface area contributed by atoms with Gasteiger partial charge in [0.2, 0.25) is 0 Å². The topological polar surface area (TPSA) is 52.7 Å². The standard InChI is InChI=1S/C13H27N3O2S/c1-15(12-13-7-6-8-14-11-13)19(17,18)16-9-4-2-3-5-10-16/h13-14H,2-12H2,1H3. The molecular weight excluding hydrogens is 262 g/mol. The number of piperidine rings is 1. The predicted octanol–water partition coefficient (Wildman–Crippen LogP) is 1.04. The largest absolute Gasteiger partial charge is 0.316 e. The maximum absolute atomic E-state index is 12.5. The van der Waals surface area contributed by atoms with E-state index in [4.69, 9.17) is 0 Å². The third-order valence-corrected chi connectivity index (χ3v) is 6.15. The molecule has 19 heavy (non-hydrogen) atoms. The van der Waals surface area contributed by atoms with Gasteiger partial charge in [0, 0.05) is 26.7 Å². The maximum Gasteiger partial charge on any atom is 0.281 e. The van der Waals surface area contributed by atoms with Gasteiger partial charge < -0.3 is 5.32 Å². The molecule has 2 aliphatic rings. The molecule has 2 aliphatic heterocycles. The Balaban J connectivity index is 1.92. The molecule has 0 aromatic carbocycles. The zero-order valence-corrected chi connectivity index (χ0v) is 12.8. The number of hydrogen-bond acceptors (Lipinski definition) is 3. The third kappa shape index (κ3) is 4.15. The zero-order valence-electron chi connectivity index (χ0n) is 12.0. The van der Waals surface area contributed by atoms with Gasteiger partial charge in [-0.05, 0) is 44.7 Å². The first-order chi connectivity index (χ1) is 9.10. The molecule has 0 aromatic rings. The van der Waals surface area contributed by atoms with Crippen LogP contribution >= 0.6 is 0 Å². The number of nitrogens with one attached hydrogen (secondary N) is 1. The van der Waals surface area contributed by atoms with E-state index in [-0.39, 0.29) is 0 Å². The Kier molecular flexibility index (Phi) is 5.62. The van der Waals surface area contributed by atoms with Crippen molar-refractivity contribution in [1.29, 1.82) is 0 Å². The Labute approximate surface area is 117 Å². The van der Waals surface area contributed by atoms with Gasteiger partial charge in [0.1, 0.15) is 0 Å². The van der Waals surface area contributed by atoms with E-state index in [9.17, 15) is 8.42 Å². The molecule has 112 valence electrons. The van der Waals surface area contributed by atoms with Gasteiger partial charge in [-0.25, -0.2) is 0 Å². The molecular formula is C13H27N3O2S. The minimum atomic E-state index is -3.25. The lowest BCUT2D eigenvalue weighted by Crippen LogP contribution is -2.46. The van der Waals surface area contributed by atoms with E-state index < -0.39 is 10.2 Å². The highest BCUT2D eigenvalue weighted by Crippen LogP contribution is 2.18. The summed E-state index contributed by atoms with van der Waals surface area (Å²) >= 11 is 0. The molecule has 0 aliphatic carbocycles. The Morgan fingerprint density at radius 2 is 1.84 bits per heavy atom. The van der Waals surface area contributed by atoms with E-state index in [1.165, 1.54) is 0 Å². The second-order valence-electron chi connectivity index (χ2n) is 5.81. The molecule has 0 radical (unpaired) electrons. The fourth-order valence-corrected chi connectivity index (χ4v) is 4.52. The minimum absolute atomic E-state index is 0.459. The highest BCUT2D eigenvalue weighted by molar-refractivity contribution is 7.86. The van der Waals surface area contributed by atoms with Crippen LogP contribution in [0.4, 0.5) is 0 Å². The third-order valence-electron chi connectivity index (χ3n) is 4.20. The average Bonchev–Trinajstić information content (AvgIpc) is 2.69. The fraction of sp³-hybridized carbons (Fsp3) is 1.00. The number of nitrogens with zero attached hydrogens (tertiary/aromatic N) is 2. The summed E-state index contributed by atoms with van der Waals surface area (Å²) in [5.74, 6) is 0.459. The van der Waals surface area contributed by atoms with Crippen LogP contribution in [0.1, 0.15) is 38.5 Å². The Morgan fingerprint density at radius 3 is 2.42 bits per heavy atom. The lowest BCUT2D eigenvalue weighted by atomic mass is 10.00. The van der Waals surface area contributed by atoms with Crippen molar-refractivity contribution in [3.8, 4) is 0 Å². The monoisotopic (exact) mass is 289 g/mol. The molecule has 1 atom stereocenters. The summed E-state index contributed by atoms with van der Waals surface area (Å²) in [6, 6.07) is 0. The summed E-state index contributed by atoms with van der Waals surface area (Å²) in [4.78, 5) is 0. The van der Waals surface area contributed by atoms with Crippen molar-refractivity contribution < 1.29 is 8.42 Å². The van der Waals surface area contributed by atoms with Crippen molar-refractivity contribution in [3.05, 3.63) is 0 Å². The van der Waals surface area contributed by atoms with Crippen LogP contribution in [-0.4, -0.2) is 56.8 Å². The van der Waals surface area contributed by atoms with Crippen LogP contribution < -0.4 is 5.32 Å². The van der Waals surface area contributed by atoms with Crippen LogP contribution in [-0.2, 0) is 10.2 Å². The van der Waals surface area contributed by atoms with Crippen molar-refractivity contribution in [2.75, 3.05) is 39.8 Å². The highest BCUT2D eigenvalue weighted by Gasteiger charge is 2.29. The Morgan fingerprint density at radius 1 is 1.16 bits per heavy atom. The van der Waals surface area contributed by atoms with Gasteiger partial charge in [0.25, 0.3) is 10.2 Å². The van der Waals surface area contributed by atoms with Gasteiger partial charge in [-0.15, -0.1) is 0 Å². The zero-order chi connectivity index (χ0) is 13.7. The van der Waals surface area contributed by atoms with Crippen molar-refractivity contribution in [2.24, 2.45) is 5.92 Å². The Bertz CT molecular complexity index is 358. The summed E-state index contributed by atoms with van der Waals surface area (Å²) in [6.45, 7) is 4.04. The van der Waals surface area contributed by atoms with Gasteiger partial charge in [0.15, 0.2) is 0 Å². The van der Waals surface area contributed by atoms with E-state index in [1.807, 2.05) is 0 Å². The quantitative estimate of drug-likeness (QED) is 0.841. The van der Waals surface area contributed by atoms with Crippen molar-refractivity contribution in [3.63, 3.8) is 0 Å². The highest BCUT2D eigenvalue weighted by atomic mass is 32.2. The molecule has 0 saturated carbocycles. The maximum atomic E-state index is 12.5. The van der Waals surface area contributed by atoms with E-state index >= 15 is 0 Å². The van der Waals surface area contributed by atoms with Crippen LogP contribution in [0.15, 0.2) is 0 Å². The van der Waals surface area contributed by atoms with E-state index in [0.29, 0.717) is 25.6 Å². The van der Waals surface area contributed by atoms with Crippen molar-refractivity contribution >= 4 is 10.2 Å². The normalized spacial score (nSPS) is 27.4.